The molecule has 1 saturated heterocycles. The monoisotopic (exact) mass is 422 g/mol. The normalized spacial score (nSPS) is 13.9. The standard InChI is InChI=1S/C25H27ClN2O2/c1-19-5-2-3-7-21(19)18-30-23-8-4-6-20(15-23)17-27-22-9-10-25(24(26)16-22)28-11-13-29-14-12-28/h2-10,15-16,27H,11-14,17-18H2,1H3. The van der Waals surface area contributed by atoms with Crippen LogP contribution in [0.1, 0.15) is 16.7 Å². The first-order valence-corrected chi connectivity index (χ1v) is 10.7. The first kappa shape index (κ1) is 20.6. The number of nitrogens with zero attached hydrogens (tertiary/aromatic N) is 1. The highest BCUT2D eigenvalue weighted by Crippen LogP contribution is 2.29. The fourth-order valence-electron chi connectivity index (χ4n) is 3.56. The molecule has 0 spiro atoms. The van der Waals surface area contributed by atoms with Gasteiger partial charge in [0.15, 0.2) is 0 Å². The number of hydrogen-bond donors (Lipinski definition) is 1. The number of rotatable bonds is 7. The summed E-state index contributed by atoms with van der Waals surface area (Å²) in [5.74, 6) is 0.873. The molecule has 4 rings (SSSR count). The maximum atomic E-state index is 6.54. The number of halogens is 1. The summed E-state index contributed by atoms with van der Waals surface area (Å²) in [4.78, 5) is 2.27. The van der Waals surface area contributed by atoms with E-state index < -0.39 is 0 Å². The Morgan fingerprint density at radius 2 is 1.83 bits per heavy atom. The second-order valence-electron chi connectivity index (χ2n) is 7.48. The van der Waals surface area contributed by atoms with Crippen LogP contribution in [0.3, 0.4) is 0 Å². The first-order valence-electron chi connectivity index (χ1n) is 10.3. The molecule has 5 heteroatoms. The van der Waals surface area contributed by atoms with E-state index in [9.17, 15) is 0 Å². The van der Waals surface area contributed by atoms with Crippen molar-refractivity contribution >= 4 is 23.0 Å². The molecule has 3 aromatic carbocycles. The highest BCUT2D eigenvalue weighted by molar-refractivity contribution is 6.33. The van der Waals surface area contributed by atoms with Crippen LogP contribution in [0.25, 0.3) is 0 Å². The summed E-state index contributed by atoms with van der Waals surface area (Å²) in [5.41, 5.74) is 5.68. The van der Waals surface area contributed by atoms with E-state index >= 15 is 0 Å². The summed E-state index contributed by atoms with van der Waals surface area (Å²) >= 11 is 6.54. The third-order valence-corrected chi connectivity index (χ3v) is 5.65. The lowest BCUT2D eigenvalue weighted by atomic mass is 10.1. The smallest absolute Gasteiger partial charge is 0.120 e. The summed E-state index contributed by atoms with van der Waals surface area (Å²) in [6.07, 6.45) is 0. The average molecular weight is 423 g/mol. The maximum absolute atomic E-state index is 6.54. The Kier molecular flexibility index (Phi) is 6.77. The number of hydrogen-bond acceptors (Lipinski definition) is 4. The molecule has 0 amide bonds. The molecule has 0 saturated carbocycles. The van der Waals surface area contributed by atoms with Gasteiger partial charge in [-0.3, -0.25) is 0 Å². The van der Waals surface area contributed by atoms with Crippen LogP contribution in [-0.4, -0.2) is 26.3 Å². The van der Waals surface area contributed by atoms with E-state index in [4.69, 9.17) is 21.1 Å². The lowest BCUT2D eigenvalue weighted by Crippen LogP contribution is -2.36. The third-order valence-electron chi connectivity index (χ3n) is 5.35. The van der Waals surface area contributed by atoms with E-state index in [0.717, 1.165) is 54.0 Å². The van der Waals surface area contributed by atoms with Crippen molar-refractivity contribution < 1.29 is 9.47 Å². The SMILES string of the molecule is Cc1ccccc1COc1cccc(CNc2ccc(N3CCOCC3)c(Cl)c2)c1. The predicted octanol–water partition coefficient (Wildman–Crippen LogP) is 5.68. The van der Waals surface area contributed by atoms with Gasteiger partial charge in [0.05, 0.1) is 23.9 Å². The molecule has 3 aromatic rings. The Hall–Kier alpha value is -2.69. The Labute approximate surface area is 183 Å². The van der Waals surface area contributed by atoms with E-state index in [1.54, 1.807) is 0 Å². The van der Waals surface area contributed by atoms with Crippen molar-refractivity contribution in [3.05, 3.63) is 88.4 Å². The quantitative estimate of drug-likeness (QED) is 0.531. The van der Waals surface area contributed by atoms with Gasteiger partial charge in [-0.25, -0.2) is 0 Å². The summed E-state index contributed by atoms with van der Waals surface area (Å²) in [6.45, 7) is 6.63. The van der Waals surface area contributed by atoms with Crippen molar-refractivity contribution in [1.29, 1.82) is 0 Å². The fourth-order valence-corrected chi connectivity index (χ4v) is 3.86. The Morgan fingerprint density at radius 1 is 1.00 bits per heavy atom. The molecule has 0 bridgehead atoms. The number of nitrogens with one attached hydrogen (secondary N) is 1. The molecule has 0 unspecified atom stereocenters. The molecule has 1 fully saturated rings. The summed E-state index contributed by atoms with van der Waals surface area (Å²) in [7, 11) is 0. The summed E-state index contributed by atoms with van der Waals surface area (Å²) in [5, 5.41) is 4.22. The summed E-state index contributed by atoms with van der Waals surface area (Å²) in [6, 6.07) is 22.6. The Balaban J connectivity index is 1.35. The minimum Gasteiger partial charge on any atom is -0.489 e. The largest absolute Gasteiger partial charge is 0.489 e. The number of benzene rings is 3. The molecule has 0 aromatic heterocycles. The molecule has 1 aliphatic heterocycles. The van der Waals surface area contributed by atoms with Crippen LogP contribution in [0.5, 0.6) is 5.75 Å². The van der Waals surface area contributed by atoms with Gasteiger partial charge >= 0.3 is 0 Å². The second kappa shape index (κ2) is 9.88. The average Bonchev–Trinajstić information content (AvgIpc) is 2.78. The molecule has 1 N–H and O–H groups in total. The molecule has 0 atom stereocenters. The third kappa shape index (κ3) is 5.26. The van der Waals surface area contributed by atoms with Gasteiger partial charge in [0.25, 0.3) is 0 Å². The number of morpholine rings is 1. The van der Waals surface area contributed by atoms with Crippen LogP contribution in [-0.2, 0) is 17.9 Å². The van der Waals surface area contributed by atoms with Crippen LogP contribution in [0.4, 0.5) is 11.4 Å². The van der Waals surface area contributed by atoms with E-state index in [0.29, 0.717) is 13.2 Å². The van der Waals surface area contributed by atoms with Crippen LogP contribution in [0, 0.1) is 6.92 Å². The zero-order valence-corrected chi connectivity index (χ0v) is 18.0. The van der Waals surface area contributed by atoms with Gasteiger partial charge in [0, 0.05) is 25.3 Å². The van der Waals surface area contributed by atoms with Crippen molar-refractivity contribution in [3.8, 4) is 5.75 Å². The zero-order valence-electron chi connectivity index (χ0n) is 17.2. The molecule has 30 heavy (non-hydrogen) atoms. The van der Waals surface area contributed by atoms with Crippen molar-refractivity contribution in [2.75, 3.05) is 36.5 Å². The lowest BCUT2D eigenvalue weighted by molar-refractivity contribution is 0.122. The topological polar surface area (TPSA) is 33.7 Å². The van der Waals surface area contributed by atoms with Crippen LogP contribution in [0.15, 0.2) is 66.7 Å². The van der Waals surface area contributed by atoms with Gasteiger partial charge in [-0.15, -0.1) is 0 Å². The lowest BCUT2D eigenvalue weighted by Gasteiger charge is -2.29. The Morgan fingerprint density at radius 3 is 2.63 bits per heavy atom. The molecule has 1 aliphatic rings. The van der Waals surface area contributed by atoms with Crippen molar-refractivity contribution in [1.82, 2.24) is 0 Å². The fraction of sp³-hybridized carbons (Fsp3) is 0.280. The number of anilines is 2. The van der Waals surface area contributed by atoms with Crippen LogP contribution >= 0.6 is 11.6 Å². The highest BCUT2D eigenvalue weighted by atomic mass is 35.5. The number of aryl methyl sites for hydroxylation is 1. The Bertz CT molecular complexity index is 986. The van der Waals surface area contributed by atoms with Gasteiger partial charge in [0.2, 0.25) is 0 Å². The summed E-state index contributed by atoms with van der Waals surface area (Å²) < 4.78 is 11.4. The molecular formula is C25H27ClN2O2. The number of ether oxygens (including phenoxy) is 2. The van der Waals surface area contributed by atoms with Crippen LogP contribution in [0.2, 0.25) is 5.02 Å². The van der Waals surface area contributed by atoms with E-state index in [1.165, 1.54) is 11.1 Å². The molecule has 0 radical (unpaired) electrons. The van der Waals surface area contributed by atoms with Gasteiger partial charge in [-0.05, 0) is 53.9 Å². The zero-order chi connectivity index (χ0) is 20.8. The van der Waals surface area contributed by atoms with Gasteiger partial charge in [-0.2, -0.15) is 0 Å². The van der Waals surface area contributed by atoms with Crippen LogP contribution < -0.4 is 15.0 Å². The van der Waals surface area contributed by atoms with E-state index in [2.05, 4.69) is 53.5 Å². The van der Waals surface area contributed by atoms with Crippen molar-refractivity contribution in [2.45, 2.75) is 20.1 Å². The molecule has 4 nitrogen and oxygen atoms in total. The minimum absolute atomic E-state index is 0.572. The highest BCUT2D eigenvalue weighted by Gasteiger charge is 2.14. The molecular weight excluding hydrogens is 396 g/mol. The minimum atomic E-state index is 0.572. The molecule has 1 heterocycles. The maximum Gasteiger partial charge on any atom is 0.120 e. The van der Waals surface area contributed by atoms with E-state index in [-0.39, 0.29) is 0 Å². The van der Waals surface area contributed by atoms with Crippen molar-refractivity contribution in [2.24, 2.45) is 0 Å². The second-order valence-corrected chi connectivity index (χ2v) is 7.89. The van der Waals surface area contributed by atoms with Gasteiger partial charge < -0.3 is 19.7 Å². The molecule has 156 valence electrons. The molecule has 0 aliphatic carbocycles. The van der Waals surface area contributed by atoms with Gasteiger partial charge in [-0.1, -0.05) is 48.0 Å². The van der Waals surface area contributed by atoms with Gasteiger partial charge in [0.1, 0.15) is 12.4 Å². The van der Waals surface area contributed by atoms with Crippen molar-refractivity contribution in [3.63, 3.8) is 0 Å². The predicted molar refractivity (Wildman–Crippen MR) is 124 cm³/mol. The van der Waals surface area contributed by atoms with E-state index in [1.807, 2.05) is 30.3 Å². The first-order chi connectivity index (χ1) is 14.7.